The van der Waals surface area contributed by atoms with Gasteiger partial charge in [0.15, 0.2) is 0 Å². The van der Waals surface area contributed by atoms with Crippen LogP contribution in [-0.2, 0) is 20.7 Å². The van der Waals surface area contributed by atoms with Gasteiger partial charge >= 0.3 is 0 Å². The van der Waals surface area contributed by atoms with Crippen LogP contribution in [0.2, 0.25) is 0 Å². The van der Waals surface area contributed by atoms with Crippen LogP contribution in [0.3, 0.4) is 0 Å². The summed E-state index contributed by atoms with van der Waals surface area (Å²) < 4.78 is 4.92. The van der Waals surface area contributed by atoms with E-state index >= 15 is 0 Å². The molecule has 0 aliphatic carbocycles. The topological polar surface area (TPSA) is 67.4 Å². The second-order valence-electron chi connectivity index (χ2n) is 5.28. The number of rotatable bonds is 7. The van der Waals surface area contributed by atoms with Crippen molar-refractivity contribution in [1.82, 2.24) is 5.32 Å². The maximum absolute atomic E-state index is 12.0. The SMILES string of the molecule is COCCCNC(=O)CCC1Cc2ccccc2NC1=O. The van der Waals surface area contributed by atoms with Crippen molar-refractivity contribution in [2.45, 2.75) is 25.7 Å². The quantitative estimate of drug-likeness (QED) is 0.752. The van der Waals surface area contributed by atoms with E-state index in [0.29, 0.717) is 32.4 Å². The standard InChI is InChI=1S/C16H22N2O3/c1-21-10-4-9-17-15(19)8-7-13-11-12-5-2-3-6-14(12)18-16(13)20/h2-3,5-6,13H,4,7-11H2,1H3,(H,17,19)(H,18,20). The summed E-state index contributed by atoms with van der Waals surface area (Å²) in [4.78, 5) is 23.7. The molecule has 0 spiro atoms. The lowest BCUT2D eigenvalue weighted by Crippen LogP contribution is -2.32. The number of fused-ring (bicyclic) bond motifs is 1. The molecule has 1 unspecified atom stereocenters. The Morgan fingerprint density at radius 3 is 3.05 bits per heavy atom. The number of para-hydroxylation sites is 1. The lowest BCUT2D eigenvalue weighted by Gasteiger charge is -2.24. The van der Waals surface area contributed by atoms with Gasteiger partial charge in [0.25, 0.3) is 0 Å². The molecule has 0 saturated heterocycles. The number of methoxy groups -OCH3 is 1. The van der Waals surface area contributed by atoms with Crippen molar-refractivity contribution in [1.29, 1.82) is 0 Å². The van der Waals surface area contributed by atoms with Gasteiger partial charge in [0.2, 0.25) is 11.8 Å². The Balaban J connectivity index is 1.76. The summed E-state index contributed by atoms with van der Waals surface area (Å²) in [5, 5.41) is 5.75. The molecule has 1 aromatic carbocycles. The van der Waals surface area contributed by atoms with Crippen molar-refractivity contribution < 1.29 is 14.3 Å². The molecule has 1 atom stereocenters. The Bertz CT molecular complexity index is 502. The molecule has 1 aliphatic heterocycles. The number of amides is 2. The van der Waals surface area contributed by atoms with E-state index in [1.165, 1.54) is 0 Å². The number of anilines is 1. The van der Waals surface area contributed by atoms with Gasteiger partial charge in [-0.3, -0.25) is 9.59 Å². The average molecular weight is 290 g/mol. The van der Waals surface area contributed by atoms with Crippen molar-refractivity contribution in [3.63, 3.8) is 0 Å². The van der Waals surface area contributed by atoms with Crippen molar-refractivity contribution in [3.05, 3.63) is 29.8 Å². The number of ether oxygens (including phenoxy) is 1. The maximum Gasteiger partial charge on any atom is 0.227 e. The van der Waals surface area contributed by atoms with Gasteiger partial charge < -0.3 is 15.4 Å². The molecule has 5 nitrogen and oxygen atoms in total. The summed E-state index contributed by atoms with van der Waals surface area (Å²) in [7, 11) is 1.64. The van der Waals surface area contributed by atoms with Gasteiger partial charge in [-0.25, -0.2) is 0 Å². The first-order valence-electron chi connectivity index (χ1n) is 7.35. The molecule has 2 amide bonds. The maximum atomic E-state index is 12.0. The molecule has 0 saturated carbocycles. The van der Waals surface area contributed by atoms with Crippen LogP contribution in [0.1, 0.15) is 24.8 Å². The number of carbonyl (C=O) groups excluding carboxylic acids is 2. The summed E-state index contributed by atoms with van der Waals surface area (Å²) >= 11 is 0. The highest BCUT2D eigenvalue weighted by Crippen LogP contribution is 2.27. The molecular formula is C16H22N2O3. The minimum absolute atomic E-state index is 0.00207. The first-order chi connectivity index (χ1) is 10.2. The zero-order chi connectivity index (χ0) is 15.1. The normalized spacial score (nSPS) is 17.0. The van der Waals surface area contributed by atoms with E-state index in [9.17, 15) is 9.59 Å². The van der Waals surface area contributed by atoms with Crippen molar-refractivity contribution in [3.8, 4) is 0 Å². The van der Waals surface area contributed by atoms with Crippen LogP contribution < -0.4 is 10.6 Å². The van der Waals surface area contributed by atoms with Gasteiger partial charge in [0.05, 0.1) is 0 Å². The van der Waals surface area contributed by atoms with Crippen molar-refractivity contribution in [2.24, 2.45) is 5.92 Å². The predicted octanol–water partition coefficient (Wildman–Crippen LogP) is 1.73. The summed E-state index contributed by atoms with van der Waals surface area (Å²) in [5.74, 6) is -0.108. The Labute approximate surface area is 125 Å². The predicted molar refractivity (Wildman–Crippen MR) is 81.0 cm³/mol. The van der Waals surface area contributed by atoms with Crippen LogP contribution in [0.25, 0.3) is 0 Å². The molecule has 5 heteroatoms. The van der Waals surface area contributed by atoms with Gasteiger partial charge in [0, 0.05) is 38.3 Å². The zero-order valence-corrected chi connectivity index (χ0v) is 12.4. The molecule has 0 aromatic heterocycles. The Morgan fingerprint density at radius 1 is 1.43 bits per heavy atom. The molecule has 1 heterocycles. The molecule has 0 bridgehead atoms. The number of hydrogen-bond donors (Lipinski definition) is 2. The van der Waals surface area contributed by atoms with E-state index in [1.807, 2.05) is 24.3 Å². The minimum atomic E-state index is -0.121. The molecule has 2 rings (SSSR count). The van der Waals surface area contributed by atoms with Crippen LogP contribution >= 0.6 is 0 Å². The van der Waals surface area contributed by atoms with Gasteiger partial charge in [-0.05, 0) is 30.9 Å². The van der Waals surface area contributed by atoms with Crippen LogP contribution in [0.15, 0.2) is 24.3 Å². The first-order valence-corrected chi connectivity index (χ1v) is 7.35. The largest absolute Gasteiger partial charge is 0.385 e. The summed E-state index contributed by atoms with van der Waals surface area (Å²) in [6.07, 6.45) is 2.47. The molecule has 114 valence electrons. The third-order valence-electron chi connectivity index (χ3n) is 3.68. The fourth-order valence-corrected chi connectivity index (χ4v) is 2.48. The van der Waals surface area contributed by atoms with Gasteiger partial charge in [-0.1, -0.05) is 18.2 Å². The van der Waals surface area contributed by atoms with E-state index in [-0.39, 0.29) is 17.7 Å². The highest BCUT2D eigenvalue weighted by molar-refractivity contribution is 5.96. The van der Waals surface area contributed by atoms with Crippen LogP contribution in [0.5, 0.6) is 0 Å². The minimum Gasteiger partial charge on any atom is -0.385 e. The lowest BCUT2D eigenvalue weighted by molar-refractivity contribution is -0.122. The summed E-state index contributed by atoms with van der Waals surface area (Å²) in [5.41, 5.74) is 2.03. The third-order valence-corrected chi connectivity index (χ3v) is 3.68. The average Bonchev–Trinajstić information content (AvgIpc) is 2.49. The van der Waals surface area contributed by atoms with Gasteiger partial charge in [-0.2, -0.15) is 0 Å². The molecule has 2 N–H and O–H groups in total. The molecule has 0 radical (unpaired) electrons. The number of nitrogens with one attached hydrogen (secondary N) is 2. The van der Waals surface area contributed by atoms with Crippen molar-refractivity contribution in [2.75, 3.05) is 25.6 Å². The Morgan fingerprint density at radius 2 is 2.24 bits per heavy atom. The van der Waals surface area contributed by atoms with E-state index in [0.717, 1.165) is 17.7 Å². The van der Waals surface area contributed by atoms with E-state index in [2.05, 4.69) is 10.6 Å². The number of carbonyl (C=O) groups is 2. The highest BCUT2D eigenvalue weighted by atomic mass is 16.5. The summed E-state index contributed by atoms with van der Waals surface area (Å²) in [6, 6.07) is 7.81. The van der Waals surface area contributed by atoms with Gasteiger partial charge in [-0.15, -0.1) is 0 Å². The van der Waals surface area contributed by atoms with E-state index < -0.39 is 0 Å². The lowest BCUT2D eigenvalue weighted by atomic mass is 9.89. The molecule has 21 heavy (non-hydrogen) atoms. The second-order valence-corrected chi connectivity index (χ2v) is 5.28. The Hall–Kier alpha value is -1.88. The Kier molecular flexibility index (Phi) is 5.75. The highest BCUT2D eigenvalue weighted by Gasteiger charge is 2.25. The first kappa shape index (κ1) is 15.5. The van der Waals surface area contributed by atoms with Gasteiger partial charge in [0.1, 0.15) is 0 Å². The van der Waals surface area contributed by atoms with Crippen LogP contribution in [0.4, 0.5) is 5.69 Å². The van der Waals surface area contributed by atoms with Crippen LogP contribution in [0, 0.1) is 5.92 Å². The molecule has 1 aliphatic rings. The summed E-state index contributed by atoms with van der Waals surface area (Å²) in [6.45, 7) is 1.26. The fourth-order valence-electron chi connectivity index (χ4n) is 2.48. The monoisotopic (exact) mass is 290 g/mol. The smallest absolute Gasteiger partial charge is 0.227 e. The van der Waals surface area contributed by atoms with E-state index in [1.54, 1.807) is 7.11 Å². The molecule has 0 fully saturated rings. The number of benzene rings is 1. The molecular weight excluding hydrogens is 268 g/mol. The van der Waals surface area contributed by atoms with E-state index in [4.69, 9.17) is 4.74 Å². The second kappa shape index (κ2) is 7.78. The zero-order valence-electron chi connectivity index (χ0n) is 12.4. The number of hydrogen-bond acceptors (Lipinski definition) is 3. The van der Waals surface area contributed by atoms with Crippen LogP contribution in [-0.4, -0.2) is 32.1 Å². The molecule has 1 aromatic rings. The van der Waals surface area contributed by atoms with Crippen molar-refractivity contribution >= 4 is 17.5 Å². The fraction of sp³-hybridized carbons (Fsp3) is 0.500. The third kappa shape index (κ3) is 4.56.